The summed E-state index contributed by atoms with van der Waals surface area (Å²) in [5.41, 5.74) is 0.992. The maximum atomic E-state index is 12.8. The number of aromatic hydroxyl groups is 1. The highest BCUT2D eigenvalue weighted by Gasteiger charge is 2.25. The fraction of sp³-hybridized carbons (Fsp3) is 0.350. The number of nitrogens with one attached hydrogen (secondary N) is 1. The first-order valence-electron chi connectivity index (χ1n) is 9.14. The van der Waals surface area contributed by atoms with Crippen molar-refractivity contribution in [2.45, 2.75) is 37.1 Å². The number of hydrogen-bond donors (Lipinski definition) is 2. The molecule has 0 aromatic heterocycles. The van der Waals surface area contributed by atoms with Gasteiger partial charge in [-0.1, -0.05) is 31.0 Å². The molecule has 0 saturated carbocycles. The molecule has 1 aliphatic rings. The summed E-state index contributed by atoms with van der Waals surface area (Å²) in [6, 6.07) is 12.8. The Morgan fingerprint density at radius 1 is 0.963 bits per heavy atom. The lowest BCUT2D eigenvalue weighted by Gasteiger charge is -2.20. The summed E-state index contributed by atoms with van der Waals surface area (Å²) in [5, 5.41) is 12.5. The number of hydrogen-bond acceptors (Lipinski definition) is 4. The lowest BCUT2D eigenvalue weighted by atomic mass is 10.2. The number of phenolic OH excluding ortho intramolecular Hbond substituents is 1. The van der Waals surface area contributed by atoms with Crippen LogP contribution in [0.3, 0.4) is 0 Å². The number of phenols is 1. The Hall–Kier alpha value is -2.38. The van der Waals surface area contributed by atoms with E-state index in [-0.39, 0.29) is 23.1 Å². The second kappa shape index (κ2) is 8.54. The Balaban J connectivity index is 1.67. The smallest absolute Gasteiger partial charge is 0.251 e. The molecule has 1 aliphatic heterocycles. The van der Waals surface area contributed by atoms with E-state index in [1.165, 1.54) is 28.6 Å². The van der Waals surface area contributed by atoms with Gasteiger partial charge < -0.3 is 10.4 Å². The summed E-state index contributed by atoms with van der Waals surface area (Å²) >= 11 is 0. The normalized spacial score (nSPS) is 15.9. The molecule has 1 amide bonds. The van der Waals surface area contributed by atoms with Crippen LogP contribution < -0.4 is 5.32 Å². The van der Waals surface area contributed by atoms with E-state index in [1.807, 2.05) is 0 Å². The molecule has 1 saturated heterocycles. The molecule has 6 nitrogen and oxygen atoms in total. The maximum absolute atomic E-state index is 12.8. The molecule has 1 fully saturated rings. The van der Waals surface area contributed by atoms with Gasteiger partial charge in [-0.05, 0) is 43.2 Å². The van der Waals surface area contributed by atoms with E-state index in [2.05, 4.69) is 5.32 Å². The van der Waals surface area contributed by atoms with Gasteiger partial charge in [0.25, 0.3) is 5.91 Å². The van der Waals surface area contributed by atoms with Gasteiger partial charge in [0, 0.05) is 30.8 Å². The molecule has 2 aromatic rings. The fourth-order valence-corrected chi connectivity index (χ4v) is 4.66. The Bertz CT molecular complexity index is 886. The summed E-state index contributed by atoms with van der Waals surface area (Å²) in [6.45, 7) is 1.29. The first-order valence-corrected chi connectivity index (χ1v) is 10.6. The average Bonchev–Trinajstić information content (AvgIpc) is 2.97. The van der Waals surface area contributed by atoms with Crippen molar-refractivity contribution in [3.05, 3.63) is 59.7 Å². The number of nitrogens with zero attached hydrogens (tertiary/aromatic N) is 1. The molecule has 0 spiro atoms. The van der Waals surface area contributed by atoms with E-state index in [9.17, 15) is 18.3 Å². The molecule has 0 unspecified atom stereocenters. The Morgan fingerprint density at radius 3 is 2.22 bits per heavy atom. The third-order valence-corrected chi connectivity index (χ3v) is 6.66. The molecule has 0 aliphatic carbocycles. The highest BCUT2D eigenvalue weighted by Crippen LogP contribution is 2.21. The molecule has 1 heterocycles. The zero-order chi connectivity index (χ0) is 19.3. The van der Waals surface area contributed by atoms with Crippen LogP contribution in [-0.2, 0) is 16.6 Å². The topological polar surface area (TPSA) is 86.7 Å². The van der Waals surface area contributed by atoms with Crippen LogP contribution in [0.25, 0.3) is 0 Å². The maximum Gasteiger partial charge on any atom is 0.251 e. The predicted octanol–water partition coefficient (Wildman–Crippen LogP) is 2.89. The van der Waals surface area contributed by atoms with Gasteiger partial charge in [0.05, 0.1) is 4.90 Å². The number of para-hydroxylation sites is 1. The number of amides is 1. The summed E-state index contributed by atoms with van der Waals surface area (Å²) in [6.07, 6.45) is 3.88. The standard InChI is InChI=1S/C20H24N2O4S/c23-19-8-4-3-7-17(19)15-21-20(24)16-9-11-18(12-10-16)27(25,26)22-13-5-1-2-6-14-22/h3-4,7-12,23H,1-2,5-6,13-15H2,(H,21,24). The molecular formula is C20H24N2O4S. The van der Waals surface area contributed by atoms with E-state index in [0.29, 0.717) is 24.2 Å². The Labute approximate surface area is 159 Å². The van der Waals surface area contributed by atoms with Crippen LogP contribution in [0, 0.1) is 0 Å². The zero-order valence-corrected chi connectivity index (χ0v) is 15.9. The van der Waals surface area contributed by atoms with Crippen molar-refractivity contribution in [3.8, 4) is 5.75 Å². The summed E-state index contributed by atoms with van der Waals surface area (Å²) < 4.78 is 27.1. The van der Waals surface area contributed by atoms with Crippen molar-refractivity contribution in [2.75, 3.05) is 13.1 Å². The summed E-state index contributed by atoms with van der Waals surface area (Å²) in [4.78, 5) is 12.5. The summed E-state index contributed by atoms with van der Waals surface area (Å²) in [5.74, 6) is -0.200. The largest absolute Gasteiger partial charge is 0.508 e. The minimum Gasteiger partial charge on any atom is -0.508 e. The third kappa shape index (κ3) is 4.67. The van der Waals surface area contributed by atoms with Crippen LogP contribution >= 0.6 is 0 Å². The first-order chi connectivity index (χ1) is 13.0. The highest BCUT2D eigenvalue weighted by atomic mass is 32.2. The number of benzene rings is 2. The van der Waals surface area contributed by atoms with Crippen LogP contribution in [-0.4, -0.2) is 36.8 Å². The van der Waals surface area contributed by atoms with Gasteiger partial charge in [-0.15, -0.1) is 0 Å². The van der Waals surface area contributed by atoms with Crippen molar-refractivity contribution < 1.29 is 18.3 Å². The lowest BCUT2D eigenvalue weighted by Crippen LogP contribution is -2.32. The van der Waals surface area contributed by atoms with E-state index in [0.717, 1.165) is 25.7 Å². The Morgan fingerprint density at radius 2 is 1.59 bits per heavy atom. The molecule has 144 valence electrons. The molecule has 0 atom stereocenters. The molecule has 2 N–H and O–H groups in total. The molecule has 3 rings (SSSR count). The zero-order valence-electron chi connectivity index (χ0n) is 15.1. The van der Waals surface area contributed by atoms with Crippen LogP contribution in [0.15, 0.2) is 53.4 Å². The van der Waals surface area contributed by atoms with Gasteiger partial charge in [-0.25, -0.2) is 8.42 Å². The van der Waals surface area contributed by atoms with Gasteiger partial charge in [0.15, 0.2) is 0 Å². The van der Waals surface area contributed by atoms with E-state index in [4.69, 9.17) is 0 Å². The quantitative estimate of drug-likeness (QED) is 0.825. The monoisotopic (exact) mass is 388 g/mol. The van der Waals surface area contributed by atoms with E-state index in [1.54, 1.807) is 24.3 Å². The number of carbonyl (C=O) groups excluding carboxylic acids is 1. The minimum atomic E-state index is -3.52. The van der Waals surface area contributed by atoms with Crippen LogP contribution in [0.5, 0.6) is 5.75 Å². The molecule has 0 radical (unpaired) electrons. The summed E-state index contributed by atoms with van der Waals surface area (Å²) in [7, 11) is -3.52. The van der Waals surface area contributed by atoms with Crippen LogP contribution in [0.1, 0.15) is 41.6 Å². The number of sulfonamides is 1. The number of carbonyl (C=O) groups is 1. The van der Waals surface area contributed by atoms with Crippen molar-refractivity contribution >= 4 is 15.9 Å². The Kier molecular flexibility index (Phi) is 6.13. The van der Waals surface area contributed by atoms with E-state index < -0.39 is 10.0 Å². The highest BCUT2D eigenvalue weighted by molar-refractivity contribution is 7.89. The second-order valence-corrected chi connectivity index (χ2v) is 8.59. The van der Waals surface area contributed by atoms with Crippen molar-refractivity contribution in [2.24, 2.45) is 0 Å². The predicted molar refractivity (Wildman–Crippen MR) is 103 cm³/mol. The minimum absolute atomic E-state index is 0.122. The van der Waals surface area contributed by atoms with Crippen molar-refractivity contribution in [1.29, 1.82) is 0 Å². The second-order valence-electron chi connectivity index (χ2n) is 6.65. The molecule has 7 heteroatoms. The fourth-order valence-electron chi connectivity index (χ4n) is 3.15. The van der Waals surface area contributed by atoms with Gasteiger partial charge in [0.2, 0.25) is 10.0 Å². The molecule has 2 aromatic carbocycles. The third-order valence-electron chi connectivity index (χ3n) is 4.75. The van der Waals surface area contributed by atoms with Gasteiger partial charge in [-0.3, -0.25) is 4.79 Å². The van der Waals surface area contributed by atoms with Gasteiger partial charge in [-0.2, -0.15) is 4.31 Å². The lowest BCUT2D eigenvalue weighted by molar-refractivity contribution is 0.0950. The van der Waals surface area contributed by atoms with Crippen molar-refractivity contribution in [3.63, 3.8) is 0 Å². The average molecular weight is 388 g/mol. The van der Waals surface area contributed by atoms with Gasteiger partial charge >= 0.3 is 0 Å². The molecular weight excluding hydrogens is 364 g/mol. The first kappa shape index (κ1) is 19.4. The molecule has 27 heavy (non-hydrogen) atoms. The number of rotatable bonds is 5. The van der Waals surface area contributed by atoms with Gasteiger partial charge in [0.1, 0.15) is 5.75 Å². The van der Waals surface area contributed by atoms with Crippen molar-refractivity contribution in [1.82, 2.24) is 9.62 Å². The molecule has 0 bridgehead atoms. The van der Waals surface area contributed by atoms with Crippen LogP contribution in [0.4, 0.5) is 0 Å². The van der Waals surface area contributed by atoms with Crippen LogP contribution in [0.2, 0.25) is 0 Å². The van der Waals surface area contributed by atoms with E-state index >= 15 is 0 Å². The SMILES string of the molecule is O=C(NCc1ccccc1O)c1ccc(S(=O)(=O)N2CCCCCC2)cc1.